The van der Waals surface area contributed by atoms with Crippen molar-refractivity contribution < 1.29 is 33.0 Å². The molecule has 8 nitrogen and oxygen atoms in total. The summed E-state index contributed by atoms with van der Waals surface area (Å²) in [6, 6.07) is 8.95. The van der Waals surface area contributed by atoms with Gasteiger partial charge in [-0.15, -0.1) is 0 Å². The summed E-state index contributed by atoms with van der Waals surface area (Å²) in [4.78, 5) is 28.4. The third-order valence-electron chi connectivity index (χ3n) is 3.74. The summed E-state index contributed by atoms with van der Waals surface area (Å²) < 4.78 is 28.4. The Bertz CT molecular complexity index is 966. The Morgan fingerprint density at radius 3 is 2.76 bits per heavy atom. The fraction of sp³-hybridized carbons (Fsp3) is 0.211. The molecule has 0 unspecified atom stereocenters. The molecule has 3 rings (SSSR count). The Morgan fingerprint density at radius 2 is 1.97 bits per heavy atom. The van der Waals surface area contributed by atoms with E-state index in [0.717, 1.165) is 11.6 Å². The van der Waals surface area contributed by atoms with Crippen LogP contribution in [0.2, 0.25) is 5.02 Å². The molecule has 1 N–H and O–H groups in total. The number of oxime groups is 1. The number of hydrogen-bond acceptors (Lipinski definition) is 7. The molecule has 0 saturated carbocycles. The van der Waals surface area contributed by atoms with E-state index in [2.05, 4.69) is 10.5 Å². The summed E-state index contributed by atoms with van der Waals surface area (Å²) in [7, 11) is 0. The quantitative estimate of drug-likeness (QED) is 0.418. The highest BCUT2D eigenvalue weighted by molar-refractivity contribution is 6.31. The fourth-order valence-corrected chi connectivity index (χ4v) is 2.50. The maximum absolute atomic E-state index is 13.1. The van der Waals surface area contributed by atoms with Gasteiger partial charge in [-0.1, -0.05) is 16.8 Å². The second kappa shape index (κ2) is 9.24. The molecule has 0 aromatic heterocycles. The first-order valence-corrected chi connectivity index (χ1v) is 8.77. The number of anilines is 1. The van der Waals surface area contributed by atoms with E-state index in [1.54, 1.807) is 25.1 Å². The summed E-state index contributed by atoms with van der Waals surface area (Å²) in [6.07, 6.45) is 0. The molecule has 1 aliphatic heterocycles. The van der Waals surface area contributed by atoms with Gasteiger partial charge in [0.25, 0.3) is 5.91 Å². The second-order valence-electron chi connectivity index (χ2n) is 5.86. The molecule has 0 aliphatic carbocycles. The van der Waals surface area contributed by atoms with Gasteiger partial charge in [0, 0.05) is 11.3 Å². The number of ether oxygens (including phenoxy) is 3. The van der Waals surface area contributed by atoms with Crippen molar-refractivity contribution in [1.29, 1.82) is 0 Å². The topological polar surface area (TPSA) is 95.5 Å². The summed E-state index contributed by atoms with van der Waals surface area (Å²) in [5.41, 5.74) is 1.53. The molecule has 2 aromatic carbocycles. The van der Waals surface area contributed by atoms with Crippen LogP contribution in [0, 0.1) is 5.82 Å². The van der Waals surface area contributed by atoms with Crippen LogP contribution < -0.4 is 14.8 Å². The van der Waals surface area contributed by atoms with Gasteiger partial charge in [-0.25, -0.2) is 9.18 Å². The number of nitrogens with one attached hydrogen (secondary N) is 1. The van der Waals surface area contributed by atoms with E-state index in [0.29, 0.717) is 17.2 Å². The zero-order chi connectivity index (χ0) is 20.8. The van der Waals surface area contributed by atoms with E-state index < -0.39 is 30.9 Å². The van der Waals surface area contributed by atoms with Crippen LogP contribution in [0.15, 0.2) is 41.6 Å². The first kappa shape index (κ1) is 20.4. The number of benzene rings is 2. The Morgan fingerprint density at radius 1 is 1.17 bits per heavy atom. The minimum atomic E-state index is -0.778. The molecule has 1 aliphatic rings. The van der Waals surface area contributed by atoms with Crippen LogP contribution >= 0.6 is 11.6 Å². The lowest BCUT2D eigenvalue weighted by Crippen LogP contribution is -2.22. The lowest BCUT2D eigenvalue weighted by atomic mass is 10.1. The van der Waals surface area contributed by atoms with Crippen LogP contribution in [0.5, 0.6) is 11.5 Å². The summed E-state index contributed by atoms with van der Waals surface area (Å²) in [5.74, 6) is -0.748. The van der Waals surface area contributed by atoms with E-state index in [1.165, 1.54) is 12.1 Å². The van der Waals surface area contributed by atoms with E-state index in [9.17, 15) is 14.0 Å². The molecule has 29 heavy (non-hydrogen) atoms. The standard InChI is InChI=1S/C19H16ClFN2O6/c1-11(12-2-5-16-17(6-12)28-10-27-16)23-29-9-19(25)26-8-18(24)22-13-3-4-15(21)14(20)7-13/h2-7H,8-10H2,1H3,(H,22,24)/b23-11+. The molecule has 0 bridgehead atoms. The summed E-state index contributed by atoms with van der Waals surface area (Å²) in [6.45, 7) is 0.850. The predicted molar refractivity (Wildman–Crippen MR) is 102 cm³/mol. The van der Waals surface area contributed by atoms with Crippen molar-refractivity contribution in [3.8, 4) is 11.5 Å². The number of halogens is 2. The van der Waals surface area contributed by atoms with E-state index in [1.807, 2.05) is 0 Å². The Labute approximate surface area is 170 Å². The third-order valence-corrected chi connectivity index (χ3v) is 4.03. The maximum atomic E-state index is 13.1. The number of fused-ring (bicyclic) bond motifs is 1. The van der Waals surface area contributed by atoms with E-state index >= 15 is 0 Å². The van der Waals surface area contributed by atoms with Crippen LogP contribution in [0.4, 0.5) is 10.1 Å². The van der Waals surface area contributed by atoms with Gasteiger partial charge < -0.3 is 24.4 Å². The average molecular weight is 423 g/mol. The Hall–Kier alpha value is -3.33. The highest BCUT2D eigenvalue weighted by Gasteiger charge is 2.14. The normalized spacial score (nSPS) is 12.4. The van der Waals surface area contributed by atoms with Gasteiger partial charge in [0.1, 0.15) is 5.82 Å². The van der Waals surface area contributed by atoms with Gasteiger partial charge in [0.15, 0.2) is 18.1 Å². The van der Waals surface area contributed by atoms with Crippen molar-refractivity contribution in [2.75, 3.05) is 25.3 Å². The lowest BCUT2D eigenvalue weighted by Gasteiger charge is -2.07. The largest absolute Gasteiger partial charge is 0.454 e. The predicted octanol–water partition coefficient (Wildman–Crippen LogP) is 3.13. The highest BCUT2D eigenvalue weighted by Crippen LogP contribution is 2.32. The molecule has 1 heterocycles. The molecular weight excluding hydrogens is 407 g/mol. The van der Waals surface area contributed by atoms with Crippen LogP contribution in [-0.4, -0.2) is 37.6 Å². The fourth-order valence-electron chi connectivity index (χ4n) is 2.31. The van der Waals surface area contributed by atoms with Gasteiger partial charge in [0.05, 0.1) is 10.7 Å². The van der Waals surface area contributed by atoms with Crippen LogP contribution in [0.3, 0.4) is 0 Å². The lowest BCUT2D eigenvalue weighted by molar-refractivity contribution is -0.151. The molecule has 10 heteroatoms. The molecule has 0 radical (unpaired) electrons. The monoisotopic (exact) mass is 422 g/mol. The number of carbonyl (C=O) groups is 2. The van der Waals surface area contributed by atoms with Gasteiger partial charge >= 0.3 is 5.97 Å². The molecule has 152 valence electrons. The van der Waals surface area contributed by atoms with Crippen molar-refractivity contribution in [1.82, 2.24) is 0 Å². The third kappa shape index (κ3) is 5.58. The van der Waals surface area contributed by atoms with Gasteiger partial charge in [0.2, 0.25) is 13.4 Å². The zero-order valence-corrected chi connectivity index (χ0v) is 16.0. The van der Waals surface area contributed by atoms with Gasteiger partial charge in [-0.3, -0.25) is 4.79 Å². The van der Waals surface area contributed by atoms with Crippen molar-refractivity contribution in [2.24, 2.45) is 5.16 Å². The Kier molecular flexibility index (Phi) is 6.50. The number of carbonyl (C=O) groups excluding carboxylic acids is 2. The summed E-state index contributed by atoms with van der Waals surface area (Å²) in [5, 5.41) is 6.13. The molecule has 0 saturated heterocycles. The molecule has 2 aromatic rings. The first-order valence-electron chi connectivity index (χ1n) is 8.39. The van der Waals surface area contributed by atoms with Crippen LogP contribution in [0.25, 0.3) is 0 Å². The zero-order valence-electron chi connectivity index (χ0n) is 15.2. The van der Waals surface area contributed by atoms with E-state index in [4.69, 9.17) is 30.6 Å². The SMILES string of the molecule is C/C(=N\OCC(=O)OCC(=O)Nc1ccc(F)c(Cl)c1)c1ccc2c(c1)OCO2. The van der Waals surface area contributed by atoms with Crippen molar-refractivity contribution in [3.05, 3.63) is 52.8 Å². The smallest absolute Gasteiger partial charge is 0.347 e. The molecule has 0 fully saturated rings. The minimum Gasteiger partial charge on any atom is -0.454 e. The molecule has 1 amide bonds. The van der Waals surface area contributed by atoms with Gasteiger partial charge in [-0.2, -0.15) is 0 Å². The number of esters is 1. The van der Waals surface area contributed by atoms with Crippen LogP contribution in [-0.2, 0) is 19.2 Å². The van der Waals surface area contributed by atoms with Crippen LogP contribution in [0.1, 0.15) is 12.5 Å². The number of nitrogens with zero attached hydrogens (tertiary/aromatic N) is 1. The van der Waals surface area contributed by atoms with Crippen molar-refractivity contribution in [2.45, 2.75) is 6.92 Å². The average Bonchev–Trinajstić information content (AvgIpc) is 3.17. The number of rotatable bonds is 7. The minimum absolute atomic E-state index is 0.135. The van der Waals surface area contributed by atoms with Crippen molar-refractivity contribution in [3.63, 3.8) is 0 Å². The summed E-state index contributed by atoms with van der Waals surface area (Å²) >= 11 is 5.63. The first-order chi connectivity index (χ1) is 13.9. The molecule has 0 spiro atoms. The molecule has 0 atom stereocenters. The Balaban J connectivity index is 1.41. The highest BCUT2D eigenvalue weighted by atomic mass is 35.5. The van der Waals surface area contributed by atoms with Crippen molar-refractivity contribution >= 4 is 34.9 Å². The second-order valence-corrected chi connectivity index (χ2v) is 6.26. The van der Waals surface area contributed by atoms with E-state index in [-0.39, 0.29) is 17.5 Å². The maximum Gasteiger partial charge on any atom is 0.347 e. The number of hydrogen-bond donors (Lipinski definition) is 1. The number of amides is 1. The van der Waals surface area contributed by atoms with Gasteiger partial charge in [-0.05, 0) is 43.3 Å². The molecular formula is C19H16ClFN2O6.